The number of nitrogens with zero attached hydrogens (tertiary/aromatic N) is 4. The van der Waals surface area contributed by atoms with Gasteiger partial charge in [-0.25, -0.2) is 14.6 Å². The lowest BCUT2D eigenvalue weighted by Crippen LogP contribution is -2.27. The Morgan fingerprint density at radius 1 is 1.28 bits per heavy atom. The Morgan fingerprint density at radius 2 is 2.10 bits per heavy atom. The van der Waals surface area contributed by atoms with Crippen LogP contribution in [0, 0.1) is 0 Å². The van der Waals surface area contributed by atoms with Crippen LogP contribution in [0.5, 0.6) is 0 Å². The normalized spacial score (nSPS) is 11.4. The number of amides is 1. The molecular formula is C20H22N6O2S. The minimum atomic E-state index is -0.251. The fourth-order valence-electron chi connectivity index (χ4n) is 3.03. The van der Waals surface area contributed by atoms with E-state index in [0.717, 1.165) is 22.2 Å². The van der Waals surface area contributed by atoms with Crippen molar-refractivity contribution in [1.29, 1.82) is 0 Å². The Hall–Kier alpha value is -3.07. The molecule has 0 saturated carbocycles. The van der Waals surface area contributed by atoms with Crippen molar-refractivity contribution in [2.24, 2.45) is 0 Å². The van der Waals surface area contributed by atoms with E-state index in [0.29, 0.717) is 29.6 Å². The van der Waals surface area contributed by atoms with E-state index in [1.54, 1.807) is 16.9 Å². The first-order chi connectivity index (χ1) is 14.0. The van der Waals surface area contributed by atoms with Crippen molar-refractivity contribution in [3.8, 4) is 0 Å². The van der Waals surface area contributed by atoms with E-state index in [2.05, 4.69) is 39.5 Å². The lowest BCUT2D eigenvalue weighted by atomic mass is 10.2. The van der Waals surface area contributed by atoms with Crippen LogP contribution in [0.15, 0.2) is 46.1 Å². The summed E-state index contributed by atoms with van der Waals surface area (Å²) in [5.41, 5.74) is 1.44. The third-order valence-electron chi connectivity index (χ3n) is 4.34. The average molecular weight is 411 g/mol. The Morgan fingerprint density at radius 3 is 2.86 bits per heavy atom. The number of para-hydroxylation sites is 1. The quantitative estimate of drug-likeness (QED) is 0.355. The summed E-state index contributed by atoms with van der Waals surface area (Å²) in [5.74, 6) is 0.818. The van der Waals surface area contributed by atoms with Gasteiger partial charge in [0.05, 0.1) is 18.1 Å². The Labute approximate surface area is 172 Å². The molecule has 0 bridgehead atoms. The zero-order chi connectivity index (χ0) is 20.4. The molecule has 0 spiro atoms. The average Bonchev–Trinajstić information content (AvgIpc) is 3.31. The second-order valence-corrected chi connectivity index (χ2v) is 7.64. The van der Waals surface area contributed by atoms with Gasteiger partial charge in [0.1, 0.15) is 11.4 Å². The number of anilines is 1. The minimum Gasteiger partial charge on any atom is -0.451 e. The van der Waals surface area contributed by atoms with Gasteiger partial charge in [0.25, 0.3) is 5.91 Å². The van der Waals surface area contributed by atoms with Crippen LogP contribution in [0.25, 0.3) is 22.0 Å². The fraction of sp³-hybridized carbons (Fsp3) is 0.300. The molecule has 9 heteroatoms. The van der Waals surface area contributed by atoms with Crippen molar-refractivity contribution in [3.63, 3.8) is 0 Å². The highest BCUT2D eigenvalue weighted by molar-refractivity contribution is 7.98. The fourth-order valence-corrected chi connectivity index (χ4v) is 3.39. The third kappa shape index (κ3) is 4.04. The zero-order valence-corrected chi connectivity index (χ0v) is 17.3. The largest absolute Gasteiger partial charge is 0.451 e. The lowest BCUT2D eigenvalue weighted by Gasteiger charge is -2.11. The Kier molecular flexibility index (Phi) is 5.39. The number of thioether (sulfide) groups is 1. The molecule has 0 radical (unpaired) electrons. The molecule has 4 aromatic rings. The van der Waals surface area contributed by atoms with Gasteiger partial charge in [0.15, 0.2) is 16.6 Å². The summed E-state index contributed by atoms with van der Waals surface area (Å²) in [6.07, 6.45) is 3.69. The number of hydrogen-bond acceptors (Lipinski definition) is 7. The predicted molar refractivity (Wildman–Crippen MR) is 114 cm³/mol. The van der Waals surface area contributed by atoms with E-state index < -0.39 is 0 Å². The highest BCUT2D eigenvalue weighted by atomic mass is 32.2. The van der Waals surface area contributed by atoms with E-state index in [1.165, 1.54) is 11.8 Å². The molecule has 3 heterocycles. The van der Waals surface area contributed by atoms with Gasteiger partial charge in [-0.05, 0) is 32.2 Å². The number of carbonyl (C=O) groups is 1. The molecule has 8 nitrogen and oxygen atoms in total. The first-order valence-electron chi connectivity index (χ1n) is 9.36. The molecule has 0 aliphatic rings. The topological polar surface area (TPSA) is 97.9 Å². The number of nitrogens with one attached hydrogen (secondary N) is 2. The van der Waals surface area contributed by atoms with Gasteiger partial charge < -0.3 is 15.1 Å². The van der Waals surface area contributed by atoms with Crippen LogP contribution >= 0.6 is 11.8 Å². The number of fused-ring (bicyclic) bond motifs is 2. The van der Waals surface area contributed by atoms with E-state index >= 15 is 0 Å². The van der Waals surface area contributed by atoms with Gasteiger partial charge in [-0.2, -0.15) is 5.10 Å². The zero-order valence-electron chi connectivity index (χ0n) is 16.5. The highest BCUT2D eigenvalue weighted by Gasteiger charge is 2.15. The SMILES string of the molecule is CSc1nc(NC(C)C)c2cnn(CCNC(=O)c3cc4ccccc4o3)c2n1. The van der Waals surface area contributed by atoms with Crippen LogP contribution in [0.4, 0.5) is 5.82 Å². The Bertz CT molecular complexity index is 1130. The molecule has 0 saturated heterocycles. The number of hydrogen-bond donors (Lipinski definition) is 2. The second-order valence-electron chi connectivity index (χ2n) is 6.87. The van der Waals surface area contributed by atoms with Gasteiger partial charge >= 0.3 is 0 Å². The van der Waals surface area contributed by atoms with Crippen LogP contribution in [-0.4, -0.2) is 44.5 Å². The summed E-state index contributed by atoms with van der Waals surface area (Å²) in [4.78, 5) is 21.5. The van der Waals surface area contributed by atoms with Crippen molar-refractivity contribution in [2.45, 2.75) is 31.6 Å². The molecule has 3 aromatic heterocycles. The maximum Gasteiger partial charge on any atom is 0.287 e. The molecule has 0 aliphatic carbocycles. The number of furan rings is 1. The molecular weight excluding hydrogens is 388 g/mol. The van der Waals surface area contributed by atoms with Gasteiger partial charge in [-0.15, -0.1) is 0 Å². The minimum absolute atomic E-state index is 0.245. The van der Waals surface area contributed by atoms with Crippen molar-refractivity contribution < 1.29 is 9.21 Å². The summed E-state index contributed by atoms with van der Waals surface area (Å²) in [7, 11) is 0. The molecule has 29 heavy (non-hydrogen) atoms. The Balaban J connectivity index is 1.48. The number of aromatic nitrogens is 4. The molecule has 0 atom stereocenters. The summed E-state index contributed by atoms with van der Waals surface area (Å²) >= 11 is 1.48. The molecule has 150 valence electrons. The van der Waals surface area contributed by atoms with Crippen molar-refractivity contribution >= 4 is 45.5 Å². The van der Waals surface area contributed by atoms with E-state index in [9.17, 15) is 4.79 Å². The van der Waals surface area contributed by atoms with Gasteiger partial charge in [-0.1, -0.05) is 30.0 Å². The number of carbonyl (C=O) groups excluding carboxylic acids is 1. The van der Waals surface area contributed by atoms with Crippen molar-refractivity contribution in [1.82, 2.24) is 25.1 Å². The summed E-state index contributed by atoms with van der Waals surface area (Å²) in [6.45, 7) is 5.01. The molecule has 4 rings (SSSR count). The van der Waals surface area contributed by atoms with E-state index in [1.807, 2.05) is 30.5 Å². The summed E-state index contributed by atoms with van der Waals surface area (Å²) < 4.78 is 7.38. The standard InChI is InChI=1S/C20H22N6O2S/c1-12(2)23-17-14-11-22-26(18(14)25-20(24-17)29-3)9-8-21-19(27)16-10-13-6-4-5-7-15(13)28-16/h4-7,10-12H,8-9H2,1-3H3,(H,21,27)(H,23,24,25). The number of rotatable bonds is 7. The first kappa shape index (κ1) is 19.3. The maximum absolute atomic E-state index is 12.4. The molecule has 0 fully saturated rings. The molecule has 1 amide bonds. The van der Waals surface area contributed by atoms with Crippen LogP contribution < -0.4 is 10.6 Å². The smallest absolute Gasteiger partial charge is 0.287 e. The molecule has 2 N–H and O–H groups in total. The van der Waals surface area contributed by atoms with Gasteiger partial charge in [0.2, 0.25) is 0 Å². The third-order valence-corrected chi connectivity index (χ3v) is 4.89. The van der Waals surface area contributed by atoms with Gasteiger partial charge in [0, 0.05) is 18.0 Å². The molecule has 0 unspecified atom stereocenters. The highest BCUT2D eigenvalue weighted by Crippen LogP contribution is 2.24. The van der Waals surface area contributed by atoms with Crippen molar-refractivity contribution in [3.05, 3.63) is 42.3 Å². The monoisotopic (exact) mass is 410 g/mol. The second kappa shape index (κ2) is 8.12. The summed E-state index contributed by atoms with van der Waals surface area (Å²) in [5, 5.41) is 13.1. The molecule has 1 aromatic carbocycles. The van der Waals surface area contributed by atoms with E-state index in [4.69, 9.17) is 4.42 Å². The lowest BCUT2D eigenvalue weighted by molar-refractivity contribution is 0.0926. The van der Waals surface area contributed by atoms with Crippen LogP contribution in [0.1, 0.15) is 24.4 Å². The summed E-state index contributed by atoms with van der Waals surface area (Å²) in [6, 6.07) is 9.54. The number of benzene rings is 1. The first-order valence-corrected chi connectivity index (χ1v) is 10.6. The van der Waals surface area contributed by atoms with E-state index in [-0.39, 0.29) is 11.9 Å². The van der Waals surface area contributed by atoms with Crippen molar-refractivity contribution in [2.75, 3.05) is 18.1 Å². The van der Waals surface area contributed by atoms with Crippen LogP contribution in [-0.2, 0) is 6.54 Å². The van der Waals surface area contributed by atoms with Crippen LogP contribution in [0.2, 0.25) is 0 Å². The van der Waals surface area contributed by atoms with Crippen LogP contribution in [0.3, 0.4) is 0 Å². The predicted octanol–water partition coefficient (Wildman–Crippen LogP) is 3.54. The van der Waals surface area contributed by atoms with Gasteiger partial charge in [-0.3, -0.25) is 4.79 Å². The molecule has 0 aliphatic heterocycles. The maximum atomic E-state index is 12.4.